The molecule has 0 fully saturated rings. The number of thioether (sulfide) groups is 1. The molecule has 1 atom stereocenters. The maximum Gasteiger partial charge on any atom is 0.190 e. The van der Waals surface area contributed by atoms with Crippen molar-refractivity contribution in [2.24, 2.45) is 12.8 Å². The van der Waals surface area contributed by atoms with Crippen LogP contribution < -0.4 is 5.73 Å². The van der Waals surface area contributed by atoms with Gasteiger partial charge in [-0.15, -0.1) is 10.2 Å². The van der Waals surface area contributed by atoms with Crippen LogP contribution in [0.5, 0.6) is 0 Å². The monoisotopic (exact) mass is 248 g/mol. The number of benzene rings is 1. The molecule has 0 saturated heterocycles. The molecular formula is C12H16N4S. The second kappa shape index (κ2) is 5.33. The zero-order valence-electron chi connectivity index (χ0n) is 10.00. The number of nitrogens with zero attached hydrogens (tertiary/aromatic N) is 3. The van der Waals surface area contributed by atoms with E-state index in [2.05, 4.69) is 41.4 Å². The largest absolute Gasteiger partial charge is 0.323 e. The molecule has 4 nitrogen and oxygen atoms in total. The number of aromatic nitrogens is 3. The summed E-state index contributed by atoms with van der Waals surface area (Å²) in [6, 6.07) is 8.36. The molecule has 17 heavy (non-hydrogen) atoms. The van der Waals surface area contributed by atoms with Crippen molar-refractivity contribution in [3.63, 3.8) is 0 Å². The lowest BCUT2D eigenvalue weighted by Gasteiger charge is -2.11. The van der Waals surface area contributed by atoms with Crippen LogP contribution >= 0.6 is 11.8 Å². The minimum atomic E-state index is 0.0253. The van der Waals surface area contributed by atoms with Gasteiger partial charge in [-0.3, -0.25) is 0 Å². The Hall–Kier alpha value is -1.33. The van der Waals surface area contributed by atoms with Crippen molar-refractivity contribution < 1.29 is 0 Å². The van der Waals surface area contributed by atoms with Crippen LogP contribution in [0.4, 0.5) is 0 Å². The number of rotatable bonds is 4. The second-order valence-electron chi connectivity index (χ2n) is 4.05. The van der Waals surface area contributed by atoms with E-state index in [9.17, 15) is 0 Å². The van der Waals surface area contributed by atoms with Crippen molar-refractivity contribution in [3.8, 4) is 0 Å². The molecule has 0 aliphatic heterocycles. The van der Waals surface area contributed by atoms with Gasteiger partial charge in [0.05, 0.1) is 0 Å². The number of hydrogen-bond donors (Lipinski definition) is 1. The van der Waals surface area contributed by atoms with Gasteiger partial charge in [-0.25, -0.2) is 0 Å². The average molecular weight is 248 g/mol. The summed E-state index contributed by atoms with van der Waals surface area (Å²) in [5.41, 5.74) is 8.54. The summed E-state index contributed by atoms with van der Waals surface area (Å²) in [6.07, 6.45) is 1.69. The lowest BCUT2D eigenvalue weighted by Crippen LogP contribution is -2.13. The van der Waals surface area contributed by atoms with E-state index in [0.29, 0.717) is 0 Å². The van der Waals surface area contributed by atoms with Gasteiger partial charge in [0.25, 0.3) is 0 Å². The van der Waals surface area contributed by atoms with Crippen LogP contribution in [0.15, 0.2) is 35.7 Å². The first-order chi connectivity index (χ1) is 8.16. The molecule has 0 radical (unpaired) electrons. The minimum absolute atomic E-state index is 0.0253. The summed E-state index contributed by atoms with van der Waals surface area (Å²) in [5, 5.41) is 8.75. The van der Waals surface area contributed by atoms with Crippen molar-refractivity contribution >= 4 is 11.8 Å². The van der Waals surface area contributed by atoms with E-state index < -0.39 is 0 Å². The van der Waals surface area contributed by atoms with Gasteiger partial charge in [-0.05, 0) is 12.5 Å². The van der Waals surface area contributed by atoms with E-state index in [1.54, 1.807) is 18.1 Å². The van der Waals surface area contributed by atoms with E-state index in [1.165, 1.54) is 5.56 Å². The molecule has 5 heteroatoms. The van der Waals surface area contributed by atoms with Crippen molar-refractivity contribution in [1.29, 1.82) is 0 Å². The van der Waals surface area contributed by atoms with Gasteiger partial charge >= 0.3 is 0 Å². The Balaban J connectivity index is 1.95. The first-order valence-electron chi connectivity index (χ1n) is 5.46. The molecular weight excluding hydrogens is 232 g/mol. The smallest absolute Gasteiger partial charge is 0.190 e. The van der Waals surface area contributed by atoms with E-state index in [4.69, 9.17) is 5.73 Å². The van der Waals surface area contributed by atoms with E-state index >= 15 is 0 Å². The standard InChI is InChI=1S/C12H16N4S/c1-9-3-5-10(6-4-9)11(13)7-17-12-15-14-8-16(12)2/h3-6,8,11H,7,13H2,1-2H3. The molecule has 1 heterocycles. The molecule has 1 aromatic heterocycles. The first kappa shape index (κ1) is 12.1. The SMILES string of the molecule is Cc1ccc(C(N)CSc2nncn2C)cc1. The normalized spacial score (nSPS) is 12.6. The maximum atomic E-state index is 6.13. The van der Waals surface area contributed by atoms with Crippen molar-refractivity contribution in [3.05, 3.63) is 41.7 Å². The van der Waals surface area contributed by atoms with E-state index in [-0.39, 0.29) is 6.04 Å². The summed E-state index contributed by atoms with van der Waals surface area (Å²) < 4.78 is 1.90. The highest BCUT2D eigenvalue weighted by Crippen LogP contribution is 2.21. The van der Waals surface area contributed by atoms with Crippen LogP contribution in [-0.2, 0) is 7.05 Å². The van der Waals surface area contributed by atoms with Gasteiger partial charge in [-0.2, -0.15) is 0 Å². The van der Waals surface area contributed by atoms with Crippen molar-refractivity contribution in [1.82, 2.24) is 14.8 Å². The van der Waals surface area contributed by atoms with Gasteiger partial charge in [0.1, 0.15) is 6.33 Å². The Bertz CT molecular complexity index is 478. The molecule has 2 aromatic rings. The lowest BCUT2D eigenvalue weighted by molar-refractivity contribution is 0.778. The third-order valence-electron chi connectivity index (χ3n) is 2.57. The predicted octanol–water partition coefficient (Wildman–Crippen LogP) is 1.92. The maximum absolute atomic E-state index is 6.13. The van der Waals surface area contributed by atoms with Crippen molar-refractivity contribution in [2.45, 2.75) is 18.1 Å². The topological polar surface area (TPSA) is 56.7 Å². The molecule has 2 rings (SSSR count). The zero-order valence-corrected chi connectivity index (χ0v) is 10.8. The number of nitrogens with two attached hydrogens (primary N) is 1. The van der Waals surface area contributed by atoms with E-state index in [0.717, 1.165) is 16.5 Å². The molecule has 0 bridgehead atoms. The Morgan fingerprint density at radius 3 is 2.65 bits per heavy atom. The van der Waals surface area contributed by atoms with Crippen LogP contribution in [0.2, 0.25) is 0 Å². The first-order valence-corrected chi connectivity index (χ1v) is 6.44. The second-order valence-corrected chi connectivity index (χ2v) is 5.04. The third kappa shape index (κ3) is 3.08. The number of hydrogen-bond acceptors (Lipinski definition) is 4. The van der Waals surface area contributed by atoms with Gasteiger partial charge < -0.3 is 10.3 Å². The summed E-state index contributed by atoms with van der Waals surface area (Å²) in [5.74, 6) is 0.801. The Labute approximate surface area is 105 Å². The summed E-state index contributed by atoms with van der Waals surface area (Å²) in [7, 11) is 1.93. The molecule has 0 aliphatic rings. The average Bonchev–Trinajstić information content (AvgIpc) is 2.73. The molecule has 0 amide bonds. The predicted molar refractivity (Wildman–Crippen MR) is 69.8 cm³/mol. The Kier molecular flexibility index (Phi) is 3.81. The minimum Gasteiger partial charge on any atom is -0.323 e. The van der Waals surface area contributed by atoms with Gasteiger partial charge in [0.15, 0.2) is 5.16 Å². The van der Waals surface area contributed by atoms with Crippen LogP contribution in [0.25, 0.3) is 0 Å². The molecule has 0 spiro atoms. The molecule has 2 N–H and O–H groups in total. The van der Waals surface area contributed by atoms with Gasteiger partial charge in [-0.1, -0.05) is 41.6 Å². The summed E-state index contributed by atoms with van der Waals surface area (Å²) in [6.45, 7) is 2.07. The Morgan fingerprint density at radius 1 is 1.35 bits per heavy atom. The van der Waals surface area contributed by atoms with Crippen molar-refractivity contribution in [2.75, 3.05) is 5.75 Å². The Morgan fingerprint density at radius 2 is 2.06 bits per heavy atom. The molecule has 0 aliphatic carbocycles. The summed E-state index contributed by atoms with van der Waals surface area (Å²) in [4.78, 5) is 0. The third-order valence-corrected chi connectivity index (χ3v) is 3.72. The van der Waals surface area contributed by atoms with Crippen LogP contribution in [0, 0.1) is 6.92 Å². The summed E-state index contributed by atoms with van der Waals surface area (Å²) >= 11 is 1.63. The van der Waals surface area contributed by atoms with Crippen LogP contribution in [0.3, 0.4) is 0 Å². The highest BCUT2D eigenvalue weighted by Gasteiger charge is 2.08. The molecule has 0 saturated carbocycles. The van der Waals surface area contributed by atoms with Crippen LogP contribution in [-0.4, -0.2) is 20.5 Å². The highest BCUT2D eigenvalue weighted by molar-refractivity contribution is 7.99. The number of aryl methyl sites for hydroxylation is 2. The fraction of sp³-hybridized carbons (Fsp3) is 0.333. The zero-order chi connectivity index (χ0) is 12.3. The van der Waals surface area contributed by atoms with Crippen LogP contribution in [0.1, 0.15) is 17.2 Å². The van der Waals surface area contributed by atoms with E-state index in [1.807, 2.05) is 11.6 Å². The van der Waals surface area contributed by atoms with Gasteiger partial charge in [0, 0.05) is 18.8 Å². The highest BCUT2D eigenvalue weighted by atomic mass is 32.2. The lowest BCUT2D eigenvalue weighted by atomic mass is 10.1. The molecule has 1 aromatic carbocycles. The van der Waals surface area contributed by atoms with Gasteiger partial charge in [0.2, 0.25) is 0 Å². The molecule has 1 unspecified atom stereocenters. The fourth-order valence-electron chi connectivity index (χ4n) is 1.48. The molecule has 90 valence electrons. The quantitative estimate of drug-likeness (QED) is 0.840. The fourth-order valence-corrected chi connectivity index (χ4v) is 2.35.